The van der Waals surface area contributed by atoms with Crippen molar-refractivity contribution >= 4 is 17.7 Å². The molecule has 3 N–H and O–H groups in total. The molecule has 0 aliphatic carbocycles. The highest BCUT2D eigenvalue weighted by Gasteiger charge is 2.74. The molecule has 26 heavy (non-hydrogen) atoms. The van der Waals surface area contributed by atoms with Gasteiger partial charge in [0.05, 0.1) is 17.9 Å². The quantitative estimate of drug-likeness (QED) is 0.521. The Morgan fingerprint density at radius 1 is 1.35 bits per heavy atom. The van der Waals surface area contributed by atoms with Gasteiger partial charge in [0.15, 0.2) is 0 Å². The normalized spacial score (nSPS) is 35.1. The minimum absolute atomic E-state index is 0.0406. The minimum atomic E-state index is -0.920. The van der Waals surface area contributed by atoms with E-state index in [1.54, 1.807) is 11.9 Å². The molecular weight excluding hydrogens is 338 g/mol. The van der Waals surface area contributed by atoms with Crippen LogP contribution in [0.25, 0.3) is 0 Å². The van der Waals surface area contributed by atoms with Crippen molar-refractivity contribution in [3.05, 3.63) is 0 Å². The highest BCUT2D eigenvalue weighted by Crippen LogP contribution is 2.58. The van der Waals surface area contributed by atoms with Crippen LogP contribution in [0.4, 0.5) is 0 Å². The van der Waals surface area contributed by atoms with E-state index in [4.69, 9.17) is 9.84 Å². The molecule has 3 rings (SSSR count). The Morgan fingerprint density at radius 3 is 2.69 bits per heavy atom. The smallest absolute Gasteiger partial charge is 0.246 e. The molecule has 3 saturated heterocycles. The van der Waals surface area contributed by atoms with E-state index in [-0.39, 0.29) is 36.5 Å². The molecule has 8 heteroatoms. The first-order valence-corrected chi connectivity index (χ1v) is 9.48. The summed E-state index contributed by atoms with van der Waals surface area (Å²) < 4.78 is 6.21. The first-order valence-electron chi connectivity index (χ1n) is 9.48. The lowest BCUT2D eigenvalue weighted by Crippen LogP contribution is -2.56. The predicted molar refractivity (Wildman–Crippen MR) is 93.0 cm³/mol. The monoisotopic (exact) mass is 367 g/mol. The van der Waals surface area contributed by atoms with E-state index in [9.17, 15) is 14.4 Å². The van der Waals surface area contributed by atoms with Gasteiger partial charge in [-0.1, -0.05) is 0 Å². The van der Waals surface area contributed by atoms with Crippen LogP contribution in [0.3, 0.4) is 0 Å². The molecule has 3 amide bonds. The molecule has 2 unspecified atom stereocenters. The van der Waals surface area contributed by atoms with Gasteiger partial charge in [-0.2, -0.15) is 0 Å². The van der Waals surface area contributed by atoms with E-state index in [2.05, 4.69) is 10.6 Å². The van der Waals surface area contributed by atoms with Crippen LogP contribution < -0.4 is 10.6 Å². The third kappa shape index (κ3) is 2.79. The number of unbranched alkanes of at least 4 members (excludes halogenated alkanes) is 1. The summed E-state index contributed by atoms with van der Waals surface area (Å²) in [6.07, 6.45) is 2.14. The summed E-state index contributed by atoms with van der Waals surface area (Å²) >= 11 is 0. The van der Waals surface area contributed by atoms with Gasteiger partial charge in [0, 0.05) is 26.2 Å². The van der Waals surface area contributed by atoms with E-state index >= 15 is 0 Å². The zero-order valence-corrected chi connectivity index (χ0v) is 15.7. The standard InChI is InChI=1S/C18H29N3O5/c1-10(2)20-16(24)14-18-7-6-11(26-18)12(15(23)19-3)13(18)17(25)21(14)8-4-5-9-22/h10-14,22H,4-9H2,1-3H3,(H,19,23)(H,20,24)/t11-,12+,13+,14?,18?/m1/s1. The Hall–Kier alpha value is -1.67. The number of nitrogens with one attached hydrogen (secondary N) is 2. The molecule has 1 spiro atoms. The van der Waals surface area contributed by atoms with Gasteiger partial charge >= 0.3 is 0 Å². The minimum Gasteiger partial charge on any atom is -0.396 e. The Morgan fingerprint density at radius 2 is 2.08 bits per heavy atom. The predicted octanol–water partition coefficient (Wildman–Crippen LogP) is -0.596. The second kappa shape index (κ2) is 7.15. The number of carbonyl (C=O) groups excluding carboxylic acids is 3. The molecule has 0 aromatic rings. The maximum absolute atomic E-state index is 13.2. The van der Waals surface area contributed by atoms with Gasteiger partial charge in [-0.05, 0) is 39.5 Å². The molecule has 3 aliphatic heterocycles. The number of hydrogen-bond acceptors (Lipinski definition) is 5. The summed E-state index contributed by atoms with van der Waals surface area (Å²) in [5.41, 5.74) is -0.920. The molecule has 146 valence electrons. The van der Waals surface area contributed by atoms with Crippen molar-refractivity contribution in [3.63, 3.8) is 0 Å². The van der Waals surface area contributed by atoms with Crippen molar-refractivity contribution in [2.75, 3.05) is 20.2 Å². The maximum Gasteiger partial charge on any atom is 0.246 e. The van der Waals surface area contributed by atoms with E-state index in [0.717, 1.165) is 0 Å². The molecule has 3 aliphatic rings. The van der Waals surface area contributed by atoms with Crippen LogP contribution in [0.15, 0.2) is 0 Å². The SMILES string of the molecule is CNC(=O)[C@@H]1[C@H]2C(=O)N(CCCCO)C(C(=O)NC(C)C)C23CC[C@H]1O3. The fraction of sp³-hybridized carbons (Fsp3) is 0.833. The molecule has 3 heterocycles. The van der Waals surface area contributed by atoms with Gasteiger partial charge in [-0.25, -0.2) is 0 Å². The van der Waals surface area contributed by atoms with Crippen molar-refractivity contribution in [2.24, 2.45) is 11.8 Å². The van der Waals surface area contributed by atoms with Crippen LogP contribution in [0, 0.1) is 11.8 Å². The highest BCUT2D eigenvalue weighted by molar-refractivity contribution is 5.98. The van der Waals surface area contributed by atoms with Crippen LogP contribution in [-0.2, 0) is 19.1 Å². The summed E-state index contributed by atoms with van der Waals surface area (Å²) in [6, 6.07) is -0.776. The number of carbonyl (C=O) groups is 3. The summed E-state index contributed by atoms with van der Waals surface area (Å²) in [5, 5.41) is 14.6. The third-order valence-corrected chi connectivity index (χ3v) is 5.84. The molecule has 2 bridgehead atoms. The lowest BCUT2D eigenvalue weighted by molar-refractivity contribution is -0.142. The Kier molecular flexibility index (Phi) is 5.25. The van der Waals surface area contributed by atoms with Crippen LogP contribution in [0.1, 0.15) is 39.5 Å². The fourth-order valence-electron chi connectivity index (χ4n) is 4.92. The largest absolute Gasteiger partial charge is 0.396 e. The van der Waals surface area contributed by atoms with E-state index in [0.29, 0.717) is 32.2 Å². The average Bonchev–Trinajstić information content (AvgIpc) is 3.21. The number of likely N-dealkylation sites (tertiary alicyclic amines) is 1. The first-order chi connectivity index (χ1) is 12.4. The van der Waals surface area contributed by atoms with Crippen molar-refractivity contribution < 1.29 is 24.2 Å². The van der Waals surface area contributed by atoms with E-state index in [1.807, 2.05) is 13.8 Å². The number of aliphatic hydroxyl groups is 1. The summed E-state index contributed by atoms with van der Waals surface area (Å²) in [7, 11) is 1.56. The van der Waals surface area contributed by atoms with Crippen molar-refractivity contribution in [2.45, 2.75) is 63.3 Å². The molecule has 0 saturated carbocycles. The molecular formula is C18H29N3O5. The van der Waals surface area contributed by atoms with Crippen molar-refractivity contribution in [1.82, 2.24) is 15.5 Å². The molecule has 8 nitrogen and oxygen atoms in total. The third-order valence-electron chi connectivity index (χ3n) is 5.84. The number of amides is 3. The van der Waals surface area contributed by atoms with E-state index < -0.39 is 23.5 Å². The zero-order chi connectivity index (χ0) is 19.1. The second-order valence-corrected chi connectivity index (χ2v) is 7.80. The van der Waals surface area contributed by atoms with Crippen LogP contribution in [0.2, 0.25) is 0 Å². The van der Waals surface area contributed by atoms with Crippen LogP contribution in [-0.4, -0.2) is 71.7 Å². The van der Waals surface area contributed by atoms with Gasteiger partial charge in [0.25, 0.3) is 0 Å². The number of fused-ring (bicyclic) bond motifs is 1. The topological polar surface area (TPSA) is 108 Å². The van der Waals surface area contributed by atoms with Gasteiger partial charge in [-0.15, -0.1) is 0 Å². The number of aliphatic hydroxyl groups excluding tert-OH is 1. The van der Waals surface area contributed by atoms with Crippen molar-refractivity contribution in [1.29, 1.82) is 0 Å². The van der Waals surface area contributed by atoms with Gasteiger partial charge < -0.3 is 25.4 Å². The second-order valence-electron chi connectivity index (χ2n) is 7.80. The number of rotatable bonds is 7. The Balaban J connectivity index is 1.95. The highest BCUT2D eigenvalue weighted by atomic mass is 16.5. The summed E-state index contributed by atoms with van der Waals surface area (Å²) in [6.45, 7) is 4.17. The number of nitrogens with zero attached hydrogens (tertiary/aromatic N) is 1. The molecule has 0 aromatic heterocycles. The fourth-order valence-corrected chi connectivity index (χ4v) is 4.92. The summed E-state index contributed by atoms with van der Waals surface area (Å²) in [5.74, 6) is -1.76. The van der Waals surface area contributed by atoms with Gasteiger partial charge in [0.1, 0.15) is 11.6 Å². The molecule has 0 aromatic carbocycles. The van der Waals surface area contributed by atoms with Crippen LogP contribution >= 0.6 is 0 Å². The Bertz CT molecular complexity index is 595. The number of hydrogen-bond donors (Lipinski definition) is 3. The van der Waals surface area contributed by atoms with Crippen molar-refractivity contribution in [3.8, 4) is 0 Å². The average molecular weight is 367 g/mol. The first kappa shape index (κ1) is 19.1. The zero-order valence-electron chi connectivity index (χ0n) is 15.7. The molecule has 0 radical (unpaired) electrons. The lowest BCUT2D eigenvalue weighted by atomic mass is 9.70. The lowest BCUT2D eigenvalue weighted by Gasteiger charge is -2.34. The molecule has 3 fully saturated rings. The van der Waals surface area contributed by atoms with Gasteiger partial charge in [0.2, 0.25) is 17.7 Å². The maximum atomic E-state index is 13.2. The summed E-state index contributed by atoms with van der Waals surface area (Å²) in [4.78, 5) is 40.2. The van der Waals surface area contributed by atoms with E-state index in [1.165, 1.54) is 0 Å². The Labute approximate surface area is 153 Å². The molecule has 5 atom stereocenters. The number of ether oxygens (including phenoxy) is 1. The van der Waals surface area contributed by atoms with Gasteiger partial charge in [-0.3, -0.25) is 14.4 Å². The van der Waals surface area contributed by atoms with Crippen LogP contribution in [0.5, 0.6) is 0 Å².